The monoisotopic (exact) mass is 537 g/mol. The molecule has 1 N–H and O–H groups in total. The van der Waals surface area contributed by atoms with E-state index in [1.54, 1.807) is 19.9 Å². The van der Waals surface area contributed by atoms with Crippen LogP contribution in [0.1, 0.15) is 39.9 Å². The Kier molecular flexibility index (Phi) is 7.00. The second kappa shape index (κ2) is 9.72. The Balaban J connectivity index is 1.94. The Labute approximate surface area is 213 Å². The molecule has 2 aliphatic rings. The van der Waals surface area contributed by atoms with Crippen molar-refractivity contribution in [2.45, 2.75) is 37.6 Å². The molecule has 0 saturated carbocycles. The summed E-state index contributed by atoms with van der Waals surface area (Å²) in [6.07, 6.45) is 0. The third-order valence-electron chi connectivity index (χ3n) is 6.30. The van der Waals surface area contributed by atoms with E-state index in [-0.39, 0.29) is 41.3 Å². The molecule has 2 aromatic rings. The lowest BCUT2D eigenvalue weighted by molar-refractivity contribution is 0.0595. The van der Waals surface area contributed by atoms with Gasteiger partial charge in [-0.3, -0.25) is 0 Å². The number of carbonyl (C=O) groups is 1. The van der Waals surface area contributed by atoms with E-state index in [1.807, 2.05) is 6.92 Å². The number of methoxy groups -OCH3 is 1. The van der Waals surface area contributed by atoms with E-state index in [1.165, 1.54) is 18.2 Å². The lowest BCUT2D eigenvalue weighted by Gasteiger charge is -2.33. The van der Waals surface area contributed by atoms with Crippen molar-refractivity contribution in [1.29, 1.82) is 0 Å². The van der Waals surface area contributed by atoms with Gasteiger partial charge in [0.1, 0.15) is 29.1 Å². The average molecular weight is 538 g/mol. The summed E-state index contributed by atoms with van der Waals surface area (Å²) in [5.74, 6) is -2.18. The summed E-state index contributed by atoms with van der Waals surface area (Å²) in [4.78, 5) is 12.2. The van der Waals surface area contributed by atoms with E-state index in [0.29, 0.717) is 11.1 Å². The fraction of sp³-hybridized carbons (Fsp3) is 0.333. The molecule has 2 aliphatic heterocycles. The van der Waals surface area contributed by atoms with E-state index in [9.17, 15) is 13.2 Å². The van der Waals surface area contributed by atoms with Crippen LogP contribution in [-0.4, -0.2) is 50.9 Å². The summed E-state index contributed by atoms with van der Waals surface area (Å²) in [6, 6.07) is 4.40. The highest BCUT2D eigenvalue weighted by atomic mass is 35.5. The molecule has 0 aliphatic carbocycles. The zero-order chi connectivity index (χ0) is 26.4. The minimum absolute atomic E-state index is 0.0200. The molecular formula is C24H25ClFN3O6S. The van der Waals surface area contributed by atoms with E-state index in [2.05, 4.69) is 17.1 Å². The third kappa shape index (κ3) is 4.42. The topological polar surface area (TPSA) is 107 Å². The molecule has 0 bridgehead atoms. The number of benzene rings is 2. The van der Waals surface area contributed by atoms with Gasteiger partial charge in [-0.25, -0.2) is 23.0 Å². The number of hydrazone groups is 1. The number of esters is 1. The smallest absolute Gasteiger partial charge is 0.339 e. The lowest BCUT2D eigenvalue weighted by atomic mass is 9.87. The molecule has 9 nitrogen and oxygen atoms in total. The van der Waals surface area contributed by atoms with Crippen molar-refractivity contribution in [1.82, 2.24) is 9.73 Å². The second-order valence-electron chi connectivity index (χ2n) is 8.46. The van der Waals surface area contributed by atoms with Crippen LogP contribution in [0.2, 0.25) is 5.02 Å². The van der Waals surface area contributed by atoms with Crippen LogP contribution in [0.5, 0.6) is 5.75 Å². The van der Waals surface area contributed by atoms with Gasteiger partial charge in [-0.1, -0.05) is 24.6 Å². The number of halogens is 2. The number of ether oxygens (including phenoxy) is 3. The molecule has 0 saturated heterocycles. The van der Waals surface area contributed by atoms with Gasteiger partial charge in [0.25, 0.3) is 0 Å². The number of nitrogens with zero attached hydrogens (tertiary/aromatic N) is 2. The Morgan fingerprint density at radius 3 is 2.69 bits per heavy atom. The van der Waals surface area contributed by atoms with Crippen molar-refractivity contribution in [3.05, 3.63) is 69.8 Å². The maximum absolute atomic E-state index is 15.2. The van der Waals surface area contributed by atoms with Crippen LogP contribution < -0.4 is 10.2 Å². The van der Waals surface area contributed by atoms with Gasteiger partial charge >= 0.3 is 5.97 Å². The van der Waals surface area contributed by atoms with Crippen LogP contribution in [0, 0.1) is 19.7 Å². The van der Waals surface area contributed by atoms with Crippen LogP contribution in [0.4, 0.5) is 4.39 Å². The van der Waals surface area contributed by atoms with Gasteiger partial charge in [-0.2, -0.15) is 4.31 Å². The highest BCUT2D eigenvalue weighted by Crippen LogP contribution is 2.40. The maximum atomic E-state index is 15.2. The van der Waals surface area contributed by atoms with E-state index < -0.39 is 38.7 Å². The first-order valence-corrected chi connectivity index (χ1v) is 12.8. The van der Waals surface area contributed by atoms with Gasteiger partial charge in [-0.05, 0) is 49.2 Å². The van der Waals surface area contributed by atoms with Crippen molar-refractivity contribution in [3.63, 3.8) is 0 Å². The van der Waals surface area contributed by atoms with E-state index in [4.69, 9.17) is 25.8 Å². The van der Waals surface area contributed by atoms with E-state index in [0.717, 1.165) is 17.0 Å². The Hall–Kier alpha value is -3.15. The molecule has 0 spiro atoms. The molecule has 0 fully saturated rings. The predicted molar refractivity (Wildman–Crippen MR) is 131 cm³/mol. The average Bonchev–Trinajstić information content (AvgIpc) is 3.20. The number of carbonyl (C=O) groups excluding carboxylic acids is 1. The summed E-state index contributed by atoms with van der Waals surface area (Å²) >= 11 is 6.13. The zero-order valence-electron chi connectivity index (χ0n) is 20.1. The van der Waals surface area contributed by atoms with Gasteiger partial charge in [0.05, 0.1) is 12.7 Å². The summed E-state index contributed by atoms with van der Waals surface area (Å²) in [7, 11) is -3.33. The van der Waals surface area contributed by atoms with Crippen LogP contribution in [-0.2, 0) is 19.5 Å². The molecule has 4 rings (SSSR count). The van der Waals surface area contributed by atoms with Crippen LogP contribution >= 0.6 is 11.6 Å². The van der Waals surface area contributed by atoms with Crippen LogP contribution in [0.25, 0.3) is 0 Å². The SMILES string of the molecule is C=C1NN=C(C([C@H](C)c2c(F)ccc(C)c2C)N2CCOc3cc(Cl)cc(C(=O)OC)c3S2(=O)=O)O1. The molecule has 1 unspecified atom stereocenters. The summed E-state index contributed by atoms with van der Waals surface area (Å²) in [5, 5.41) is 4.22. The molecule has 12 heteroatoms. The lowest BCUT2D eigenvalue weighted by Crippen LogP contribution is -2.49. The van der Waals surface area contributed by atoms with Crippen LogP contribution in [0.15, 0.2) is 46.7 Å². The number of rotatable bonds is 5. The van der Waals surface area contributed by atoms with Gasteiger partial charge in [0.15, 0.2) is 0 Å². The van der Waals surface area contributed by atoms with Gasteiger partial charge in [0.2, 0.25) is 21.8 Å². The molecule has 36 heavy (non-hydrogen) atoms. The summed E-state index contributed by atoms with van der Waals surface area (Å²) in [6.45, 7) is 8.74. The zero-order valence-corrected chi connectivity index (χ0v) is 21.7. The molecule has 2 atom stereocenters. The van der Waals surface area contributed by atoms with Gasteiger partial charge in [0, 0.05) is 23.6 Å². The number of fused-ring (bicyclic) bond motifs is 1. The first-order valence-electron chi connectivity index (χ1n) is 11.0. The first-order chi connectivity index (χ1) is 17.0. The second-order valence-corrected chi connectivity index (χ2v) is 10.7. The Morgan fingerprint density at radius 1 is 1.33 bits per heavy atom. The van der Waals surface area contributed by atoms with Crippen LogP contribution in [0.3, 0.4) is 0 Å². The summed E-state index contributed by atoms with van der Waals surface area (Å²) < 4.78 is 60.8. The largest absolute Gasteiger partial charge is 0.491 e. The fourth-order valence-electron chi connectivity index (χ4n) is 4.50. The minimum Gasteiger partial charge on any atom is -0.491 e. The number of hydrogen-bond donors (Lipinski definition) is 1. The highest BCUT2D eigenvalue weighted by molar-refractivity contribution is 7.89. The molecule has 192 valence electrons. The van der Waals surface area contributed by atoms with Gasteiger partial charge < -0.3 is 14.2 Å². The molecule has 0 radical (unpaired) electrons. The highest BCUT2D eigenvalue weighted by Gasteiger charge is 2.46. The summed E-state index contributed by atoms with van der Waals surface area (Å²) in [5.41, 5.74) is 4.11. The standard InChI is InChI=1S/C24H25ClFN3O6S/c1-12-6-7-18(26)20(13(12)2)14(3)21(23-28-27-15(4)35-23)29-8-9-34-19-11-16(25)10-17(24(30)33-5)22(19)36(29,31)32/h6-7,10-11,14,21,27H,4,8-9H2,1-3,5H3/t14-,21?/m1/s1. The molecule has 2 heterocycles. The Bertz CT molecular complexity index is 1390. The number of nitrogens with one attached hydrogen (secondary N) is 1. The number of sulfonamides is 1. The molecule has 0 aromatic heterocycles. The first kappa shape index (κ1) is 25.9. The van der Waals surface area contributed by atoms with Crippen molar-refractivity contribution in [2.75, 3.05) is 20.3 Å². The van der Waals surface area contributed by atoms with Crippen molar-refractivity contribution < 1.29 is 31.8 Å². The Morgan fingerprint density at radius 2 is 2.06 bits per heavy atom. The normalized spacial score (nSPS) is 18.6. The third-order valence-corrected chi connectivity index (χ3v) is 8.49. The predicted octanol–water partition coefficient (Wildman–Crippen LogP) is 3.84. The number of hydrogen-bond acceptors (Lipinski definition) is 8. The molecule has 2 aromatic carbocycles. The van der Waals surface area contributed by atoms with Crippen molar-refractivity contribution >= 4 is 33.5 Å². The minimum atomic E-state index is -4.46. The van der Waals surface area contributed by atoms with Crippen molar-refractivity contribution in [2.24, 2.45) is 5.10 Å². The fourth-order valence-corrected chi connectivity index (χ4v) is 6.62. The molecular weight excluding hydrogens is 513 g/mol. The van der Waals surface area contributed by atoms with Gasteiger partial charge in [-0.15, -0.1) is 5.10 Å². The molecule has 0 amide bonds. The number of aryl methyl sites for hydroxylation is 1. The maximum Gasteiger partial charge on any atom is 0.339 e. The quantitative estimate of drug-likeness (QED) is 0.577. The van der Waals surface area contributed by atoms with Crippen molar-refractivity contribution in [3.8, 4) is 5.75 Å². The van der Waals surface area contributed by atoms with E-state index >= 15 is 4.39 Å².